The van der Waals surface area contributed by atoms with Crippen LogP contribution in [0, 0.1) is 6.92 Å². The van der Waals surface area contributed by atoms with Crippen molar-refractivity contribution >= 4 is 9.84 Å². The molecule has 0 saturated heterocycles. The van der Waals surface area contributed by atoms with Gasteiger partial charge in [0.2, 0.25) is 0 Å². The molecule has 0 aliphatic heterocycles. The Bertz CT molecular complexity index is 1170. The number of aromatic nitrogens is 5. The Balaban J connectivity index is 2.04. The first-order chi connectivity index (χ1) is 15.7. The number of ether oxygens (including phenoxy) is 3. The molecule has 178 valence electrons. The van der Waals surface area contributed by atoms with E-state index in [9.17, 15) is 8.42 Å². The van der Waals surface area contributed by atoms with Crippen molar-refractivity contribution in [3.05, 3.63) is 53.6 Å². The molecule has 1 aromatic carbocycles. The smallest absolute Gasteiger partial charge is 0.163 e. The summed E-state index contributed by atoms with van der Waals surface area (Å²) >= 11 is 0. The third kappa shape index (κ3) is 5.14. The molecule has 0 aliphatic rings. The molecule has 0 saturated carbocycles. The van der Waals surface area contributed by atoms with Gasteiger partial charge in [-0.15, -0.1) is 10.2 Å². The molecule has 0 unspecified atom stereocenters. The van der Waals surface area contributed by atoms with E-state index >= 15 is 0 Å². The molecule has 0 N–H and O–H groups in total. The minimum Gasteiger partial charge on any atom is -0.494 e. The van der Waals surface area contributed by atoms with Gasteiger partial charge >= 0.3 is 0 Å². The number of methoxy groups -OCH3 is 3. The van der Waals surface area contributed by atoms with Crippen LogP contribution in [0.5, 0.6) is 11.5 Å². The molecule has 3 aromatic rings. The van der Waals surface area contributed by atoms with Crippen LogP contribution >= 0.6 is 0 Å². The number of benzene rings is 1. The lowest BCUT2D eigenvalue weighted by Crippen LogP contribution is -2.27. The van der Waals surface area contributed by atoms with Gasteiger partial charge in [-0.3, -0.25) is 14.5 Å². The van der Waals surface area contributed by atoms with Gasteiger partial charge in [0.05, 0.1) is 30.9 Å². The standard InChI is InChI=1S/C22H29N5O5S/c1-14-10-24-17(11-23-14)15(2)16(3)33(28,29)13-21-26-25-20(12-30-4)27(21)22-18(31-5)8-7-9-19(22)32-6/h7-11,15-16H,12-13H2,1-6H3/t15-,16-/m0/s1. The normalized spacial score (nSPS) is 13.5. The largest absolute Gasteiger partial charge is 0.494 e. The number of nitrogens with zero attached hydrogens (tertiary/aromatic N) is 5. The van der Waals surface area contributed by atoms with Crippen LogP contribution in [-0.4, -0.2) is 59.7 Å². The second kappa shape index (κ2) is 10.3. The van der Waals surface area contributed by atoms with Crippen molar-refractivity contribution in [2.75, 3.05) is 21.3 Å². The van der Waals surface area contributed by atoms with Gasteiger partial charge in [0.1, 0.15) is 29.5 Å². The molecule has 3 rings (SSSR count). The third-order valence-corrected chi connectivity index (χ3v) is 7.77. The molecular formula is C22H29N5O5S. The lowest BCUT2D eigenvalue weighted by Gasteiger charge is -2.21. The average molecular weight is 476 g/mol. The predicted octanol–water partition coefficient (Wildman–Crippen LogP) is 2.64. The Hall–Kier alpha value is -3.05. The highest BCUT2D eigenvalue weighted by molar-refractivity contribution is 7.91. The van der Waals surface area contributed by atoms with Gasteiger partial charge in [-0.25, -0.2) is 8.42 Å². The molecule has 0 radical (unpaired) electrons. The van der Waals surface area contributed by atoms with Crippen molar-refractivity contribution in [3.63, 3.8) is 0 Å². The van der Waals surface area contributed by atoms with Gasteiger partial charge in [-0.2, -0.15) is 0 Å². The van der Waals surface area contributed by atoms with Crippen molar-refractivity contribution < 1.29 is 22.6 Å². The quantitative estimate of drug-likeness (QED) is 0.436. The summed E-state index contributed by atoms with van der Waals surface area (Å²) < 4.78 is 44.8. The molecule has 0 fully saturated rings. The van der Waals surface area contributed by atoms with E-state index in [4.69, 9.17) is 14.2 Å². The first-order valence-electron chi connectivity index (χ1n) is 10.4. The average Bonchev–Trinajstić information content (AvgIpc) is 3.18. The minimum atomic E-state index is -3.66. The zero-order chi connectivity index (χ0) is 24.2. The molecule has 10 nitrogen and oxygen atoms in total. The van der Waals surface area contributed by atoms with Gasteiger partial charge in [0.15, 0.2) is 21.5 Å². The number of para-hydroxylation sites is 1. The fourth-order valence-corrected chi connectivity index (χ4v) is 5.05. The van der Waals surface area contributed by atoms with E-state index in [1.807, 2.05) is 13.8 Å². The van der Waals surface area contributed by atoms with Gasteiger partial charge in [-0.05, 0) is 26.0 Å². The molecule has 0 amide bonds. The van der Waals surface area contributed by atoms with E-state index in [0.29, 0.717) is 28.7 Å². The highest BCUT2D eigenvalue weighted by Gasteiger charge is 2.32. The second-order valence-electron chi connectivity index (χ2n) is 7.70. The molecule has 0 aliphatic carbocycles. The van der Waals surface area contributed by atoms with E-state index in [0.717, 1.165) is 5.69 Å². The highest BCUT2D eigenvalue weighted by Crippen LogP contribution is 2.35. The minimum absolute atomic E-state index is 0.124. The van der Waals surface area contributed by atoms with Crippen LogP contribution < -0.4 is 9.47 Å². The summed E-state index contributed by atoms with van der Waals surface area (Å²) in [4.78, 5) is 8.59. The fourth-order valence-electron chi connectivity index (χ4n) is 3.48. The van der Waals surface area contributed by atoms with Gasteiger partial charge < -0.3 is 14.2 Å². The Morgan fingerprint density at radius 2 is 1.61 bits per heavy atom. The lowest BCUT2D eigenvalue weighted by molar-refractivity contribution is 0.176. The maximum absolute atomic E-state index is 13.4. The van der Waals surface area contributed by atoms with Gasteiger partial charge in [0, 0.05) is 25.4 Å². The van der Waals surface area contributed by atoms with Crippen molar-refractivity contribution in [1.82, 2.24) is 24.7 Å². The summed E-state index contributed by atoms with van der Waals surface area (Å²) in [7, 11) is 0.932. The fraction of sp³-hybridized carbons (Fsp3) is 0.455. The third-order valence-electron chi connectivity index (χ3n) is 5.56. The van der Waals surface area contributed by atoms with Crippen LogP contribution in [0.4, 0.5) is 0 Å². The Morgan fingerprint density at radius 3 is 2.15 bits per heavy atom. The summed E-state index contributed by atoms with van der Waals surface area (Å²) in [5, 5.41) is 7.64. The number of rotatable bonds is 10. The maximum atomic E-state index is 13.4. The first kappa shape index (κ1) is 24.6. The van der Waals surface area contributed by atoms with Crippen LogP contribution in [0.2, 0.25) is 0 Å². The Kier molecular flexibility index (Phi) is 7.65. The number of sulfone groups is 1. The Morgan fingerprint density at radius 1 is 0.970 bits per heavy atom. The summed E-state index contributed by atoms with van der Waals surface area (Å²) in [6.45, 7) is 5.45. The highest BCUT2D eigenvalue weighted by atomic mass is 32.2. The molecule has 2 aromatic heterocycles. The van der Waals surface area contributed by atoms with Crippen LogP contribution in [0.1, 0.15) is 42.8 Å². The zero-order valence-electron chi connectivity index (χ0n) is 19.6. The number of hydrogen-bond donors (Lipinski definition) is 0. The molecule has 0 bridgehead atoms. The summed E-state index contributed by atoms with van der Waals surface area (Å²) in [5.74, 6) is 0.937. The molecule has 2 heterocycles. The van der Waals surface area contributed by atoms with Crippen molar-refractivity contribution in [1.29, 1.82) is 0 Å². The zero-order valence-corrected chi connectivity index (χ0v) is 20.5. The summed E-state index contributed by atoms with van der Waals surface area (Å²) in [6, 6.07) is 5.30. The van der Waals surface area contributed by atoms with Crippen molar-refractivity contribution in [3.8, 4) is 17.2 Å². The van der Waals surface area contributed by atoms with Crippen LogP contribution in [0.25, 0.3) is 5.69 Å². The van der Waals surface area contributed by atoms with E-state index in [1.165, 1.54) is 21.3 Å². The molecule has 0 spiro atoms. The van der Waals surface area contributed by atoms with Crippen LogP contribution in [0.3, 0.4) is 0 Å². The monoisotopic (exact) mass is 475 g/mol. The van der Waals surface area contributed by atoms with Crippen molar-refractivity contribution in [2.24, 2.45) is 0 Å². The van der Waals surface area contributed by atoms with Crippen LogP contribution in [0.15, 0.2) is 30.6 Å². The van der Waals surface area contributed by atoms with Crippen LogP contribution in [-0.2, 0) is 26.9 Å². The maximum Gasteiger partial charge on any atom is 0.163 e. The second-order valence-corrected chi connectivity index (χ2v) is 10.1. The lowest BCUT2D eigenvalue weighted by atomic mass is 10.1. The molecule has 11 heteroatoms. The van der Waals surface area contributed by atoms with Crippen molar-refractivity contribution in [2.45, 2.75) is 44.3 Å². The van der Waals surface area contributed by atoms with E-state index in [2.05, 4.69) is 20.2 Å². The first-order valence-corrected chi connectivity index (χ1v) is 12.1. The Labute approximate surface area is 193 Å². The van der Waals surface area contributed by atoms with E-state index < -0.39 is 15.1 Å². The molecule has 33 heavy (non-hydrogen) atoms. The summed E-state index contributed by atoms with van der Waals surface area (Å²) in [6.07, 6.45) is 3.25. The predicted molar refractivity (Wildman–Crippen MR) is 122 cm³/mol. The van der Waals surface area contributed by atoms with E-state index in [-0.39, 0.29) is 24.1 Å². The number of hydrogen-bond acceptors (Lipinski definition) is 9. The number of aryl methyl sites for hydroxylation is 1. The SMILES string of the molecule is COCc1nnc(CS(=O)(=O)[C@@H](C)[C@H](C)c2cnc(C)cn2)n1-c1c(OC)cccc1OC. The van der Waals surface area contributed by atoms with E-state index in [1.54, 1.807) is 42.1 Å². The van der Waals surface area contributed by atoms with Gasteiger partial charge in [-0.1, -0.05) is 13.0 Å². The topological polar surface area (TPSA) is 118 Å². The molecule has 2 atom stereocenters. The van der Waals surface area contributed by atoms with Gasteiger partial charge in [0.25, 0.3) is 0 Å². The molecular weight excluding hydrogens is 446 g/mol. The summed E-state index contributed by atoms with van der Waals surface area (Å²) in [5.41, 5.74) is 1.89.